The average Bonchev–Trinajstić information content (AvgIpc) is 3.28. The fourth-order valence-electron chi connectivity index (χ4n) is 3.55. The second kappa shape index (κ2) is 6.84. The van der Waals surface area contributed by atoms with E-state index in [4.69, 9.17) is 0 Å². The minimum absolute atomic E-state index is 0.0183. The summed E-state index contributed by atoms with van der Waals surface area (Å²) in [4.78, 5) is 28.1. The number of rotatable bonds is 2. The number of fused-ring (bicyclic) bond motifs is 1. The van der Waals surface area contributed by atoms with Gasteiger partial charge >= 0.3 is 12.1 Å². The Labute approximate surface area is 167 Å². The van der Waals surface area contributed by atoms with E-state index in [2.05, 4.69) is 10.1 Å². The smallest absolute Gasteiger partial charge is 0.313 e. The van der Waals surface area contributed by atoms with Crippen LogP contribution in [0.4, 0.5) is 13.2 Å². The molecule has 0 fully saturated rings. The summed E-state index contributed by atoms with van der Waals surface area (Å²) >= 11 is 1.37. The Kier molecular flexibility index (Phi) is 4.57. The lowest BCUT2D eigenvalue weighted by Gasteiger charge is -2.23. The van der Waals surface area contributed by atoms with Gasteiger partial charge in [0.2, 0.25) is 0 Å². The molecule has 1 aromatic carbocycles. The molecule has 1 aliphatic heterocycles. The number of carbonyl (C=O) groups excluding carboxylic acids is 1. The summed E-state index contributed by atoms with van der Waals surface area (Å²) < 4.78 is 39.5. The molecule has 1 amide bonds. The number of alkyl halides is 3. The number of benzene rings is 1. The van der Waals surface area contributed by atoms with Crippen LogP contribution in [-0.4, -0.2) is 27.8 Å². The van der Waals surface area contributed by atoms with Crippen LogP contribution in [0.5, 0.6) is 0 Å². The van der Waals surface area contributed by atoms with Gasteiger partial charge in [-0.3, -0.25) is 9.59 Å². The van der Waals surface area contributed by atoms with Crippen molar-refractivity contribution in [3.8, 4) is 0 Å². The van der Waals surface area contributed by atoms with Crippen molar-refractivity contribution in [2.45, 2.75) is 32.5 Å². The van der Waals surface area contributed by atoms with Crippen molar-refractivity contribution in [1.29, 1.82) is 0 Å². The van der Waals surface area contributed by atoms with Crippen LogP contribution in [-0.2, 0) is 4.79 Å². The molecule has 3 aromatic rings. The Hall–Kier alpha value is -2.94. The number of carbonyl (C=O) groups is 1. The maximum Gasteiger partial charge on any atom is 0.473 e. The van der Waals surface area contributed by atoms with Gasteiger partial charge in [-0.15, -0.1) is 11.3 Å². The number of aromatic amines is 1. The molecule has 0 bridgehead atoms. The topological polar surface area (TPSA) is 65.5 Å². The number of amides is 1. The van der Waals surface area contributed by atoms with Gasteiger partial charge in [0.1, 0.15) is 4.83 Å². The van der Waals surface area contributed by atoms with Gasteiger partial charge in [-0.2, -0.15) is 18.3 Å². The number of hydrogen-bond acceptors (Lipinski definition) is 4. The summed E-state index contributed by atoms with van der Waals surface area (Å²) in [5.74, 6) is -2.05. The molecule has 0 saturated carbocycles. The zero-order valence-corrected chi connectivity index (χ0v) is 16.3. The van der Waals surface area contributed by atoms with Crippen molar-refractivity contribution in [1.82, 2.24) is 9.99 Å². The monoisotopic (exact) mass is 419 g/mol. The number of nitrogens with zero attached hydrogens (tertiary/aromatic N) is 2. The number of aryl methyl sites for hydroxylation is 2. The van der Waals surface area contributed by atoms with E-state index in [9.17, 15) is 22.8 Å². The van der Waals surface area contributed by atoms with E-state index in [-0.39, 0.29) is 17.7 Å². The maximum atomic E-state index is 13.2. The Balaban J connectivity index is 1.84. The molecule has 0 saturated heterocycles. The Bertz CT molecular complexity index is 1190. The number of H-pyrrole nitrogens is 1. The van der Waals surface area contributed by atoms with E-state index in [1.54, 1.807) is 31.2 Å². The van der Waals surface area contributed by atoms with Crippen LogP contribution in [0.25, 0.3) is 10.2 Å². The van der Waals surface area contributed by atoms with Gasteiger partial charge in [0.05, 0.1) is 17.3 Å². The number of aromatic nitrogens is 1. The minimum Gasteiger partial charge on any atom is -0.313 e. The number of nitrogens with one attached hydrogen (secondary N) is 1. The maximum absolute atomic E-state index is 13.2. The molecule has 1 unspecified atom stereocenters. The van der Waals surface area contributed by atoms with Gasteiger partial charge in [-0.1, -0.05) is 29.8 Å². The van der Waals surface area contributed by atoms with E-state index in [0.717, 1.165) is 10.9 Å². The highest BCUT2D eigenvalue weighted by molar-refractivity contribution is 7.16. The quantitative estimate of drug-likeness (QED) is 0.667. The number of hydrogen-bond donors (Lipinski definition) is 1. The van der Waals surface area contributed by atoms with Crippen LogP contribution in [0, 0.1) is 13.8 Å². The van der Waals surface area contributed by atoms with E-state index in [1.807, 2.05) is 18.4 Å². The van der Waals surface area contributed by atoms with Crippen LogP contribution in [0.3, 0.4) is 0 Å². The van der Waals surface area contributed by atoms with Crippen LogP contribution in [0.2, 0.25) is 0 Å². The van der Waals surface area contributed by atoms with E-state index in [1.165, 1.54) is 11.3 Å². The highest BCUT2D eigenvalue weighted by Crippen LogP contribution is 2.36. The summed E-state index contributed by atoms with van der Waals surface area (Å²) in [6.45, 7) is 3.59. The molecule has 150 valence electrons. The number of pyridine rings is 1. The largest absolute Gasteiger partial charge is 0.473 e. The third-order valence-corrected chi connectivity index (χ3v) is 5.84. The molecule has 9 heteroatoms. The third-order valence-electron chi connectivity index (χ3n) is 5.01. The molecule has 5 nitrogen and oxygen atoms in total. The highest BCUT2D eigenvalue weighted by atomic mass is 32.1. The predicted octanol–water partition coefficient (Wildman–Crippen LogP) is 4.45. The SMILES string of the molecule is Cc1ccc(C2CC(c3c(C)c4ccsc4[nH]c3=O)=NN2C(=O)C(F)(F)F)cc1. The van der Waals surface area contributed by atoms with Crippen LogP contribution in [0.1, 0.15) is 34.7 Å². The van der Waals surface area contributed by atoms with Crippen LogP contribution in [0.15, 0.2) is 45.6 Å². The molecule has 1 N–H and O–H groups in total. The molecule has 3 heterocycles. The fourth-order valence-corrected chi connectivity index (χ4v) is 4.39. The summed E-state index contributed by atoms with van der Waals surface area (Å²) in [7, 11) is 0. The van der Waals surface area contributed by atoms with Gasteiger partial charge in [0.15, 0.2) is 0 Å². The standard InChI is InChI=1S/C20H16F3N3O2S/c1-10-3-5-12(6-4-10)15-9-14(25-26(15)19(28)20(21,22)23)16-11(2)13-7-8-29-18(13)24-17(16)27/h3-8,15H,9H2,1-2H3,(H,24,27). The predicted molar refractivity (Wildman–Crippen MR) is 105 cm³/mol. The average molecular weight is 419 g/mol. The zero-order valence-electron chi connectivity index (χ0n) is 15.5. The van der Waals surface area contributed by atoms with Gasteiger partial charge in [0, 0.05) is 11.8 Å². The molecule has 0 radical (unpaired) electrons. The molecule has 0 aliphatic carbocycles. The zero-order chi connectivity index (χ0) is 20.9. The first kappa shape index (κ1) is 19.4. The van der Waals surface area contributed by atoms with E-state index < -0.39 is 23.7 Å². The molecule has 0 spiro atoms. The number of thiophene rings is 1. The molecular weight excluding hydrogens is 403 g/mol. The summed E-state index contributed by atoms with van der Waals surface area (Å²) in [5, 5.41) is 7.06. The number of halogens is 3. The lowest BCUT2D eigenvalue weighted by molar-refractivity contribution is -0.187. The van der Waals surface area contributed by atoms with Gasteiger partial charge in [0.25, 0.3) is 5.56 Å². The van der Waals surface area contributed by atoms with Crippen molar-refractivity contribution in [3.63, 3.8) is 0 Å². The van der Waals surface area contributed by atoms with Gasteiger partial charge in [-0.05, 0) is 36.4 Å². The highest BCUT2D eigenvalue weighted by Gasteiger charge is 2.48. The van der Waals surface area contributed by atoms with Crippen molar-refractivity contribution in [2.75, 3.05) is 0 Å². The molecule has 4 rings (SSSR count). The summed E-state index contributed by atoms with van der Waals surface area (Å²) in [6.07, 6.45) is -5.05. The molecular formula is C20H16F3N3O2S. The lowest BCUT2D eigenvalue weighted by Crippen LogP contribution is -2.38. The fraction of sp³-hybridized carbons (Fsp3) is 0.250. The first-order valence-corrected chi connectivity index (χ1v) is 9.69. The summed E-state index contributed by atoms with van der Waals surface area (Å²) in [6, 6.07) is 7.78. The van der Waals surface area contributed by atoms with Crippen LogP contribution < -0.4 is 5.56 Å². The first-order chi connectivity index (χ1) is 13.7. The Morgan fingerprint density at radius 2 is 1.90 bits per heavy atom. The molecule has 1 atom stereocenters. The van der Waals surface area contributed by atoms with Crippen molar-refractivity contribution < 1.29 is 18.0 Å². The van der Waals surface area contributed by atoms with E-state index >= 15 is 0 Å². The van der Waals surface area contributed by atoms with Crippen molar-refractivity contribution in [3.05, 3.63) is 68.3 Å². The minimum atomic E-state index is -5.07. The summed E-state index contributed by atoms with van der Waals surface area (Å²) in [5.41, 5.74) is 2.05. The molecule has 2 aromatic heterocycles. The van der Waals surface area contributed by atoms with E-state index in [0.29, 0.717) is 21.0 Å². The first-order valence-electron chi connectivity index (χ1n) is 8.81. The number of hydrazone groups is 1. The Morgan fingerprint density at radius 3 is 2.55 bits per heavy atom. The normalized spacial score (nSPS) is 17.1. The lowest BCUT2D eigenvalue weighted by atomic mass is 9.95. The van der Waals surface area contributed by atoms with Gasteiger partial charge < -0.3 is 4.98 Å². The van der Waals surface area contributed by atoms with Gasteiger partial charge in [-0.25, -0.2) is 5.01 Å². The Morgan fingerprint density at radius 1 is 1.21 bits per heavy atom. The van der Waals surface area contributed by atoms with Crippen molar-refractivity contribution in [2.24, 2.45) is 5.10 Å². The van der Waals surface area contributed by atoms with Crippen molar-refractivity contribution >= 4 is 33.2 Å². The second-order valence-corrected chi connectivity index (χ2v) is 7.86. The third kappa shape index (κ3) is 3.35. The molecule has 29 heavy (non-hydrogen) atoms. The molecule has 1 aliphatic rings. The second-order valence-electron chi connectivity index (χ2n) is 6.94. The van der Waals surface area contributed by atoms with Crippen LogP contribution >= 0.6 is 11.3 Å².